The van der Waals surface area contributed by atoms with Gasteiger partial charge in [-0.1, -0.05) is 82.6 Å². The second-order valence-corrected chi connectivity index (χ2v) is 22.2. The van der Waals surface area contributed by atoms with Crippen molar-refractivity contribution in [3.05, 3.63) is 94.8 Å². The summed E-state index contributed by atoms with van der Waals surface area (Å²) in [5, 5.41) is 2.99. The fourth-order valence-corrected chi connectivity index (χ4v) is 12.9. The van der Waals surface area contributed by atoms with Crippen LogP contribution < -0.4 is 10.1 Å². The minimum absolute atomic E-state index is 0.00459. The number of methoxy groups -OCH3 is 1. The third-order valence-corrected chi connectivity index (χ3v) is 17.4. The highest BCUT2D eigenvalue weighted by atomic mass is 32.2. The molecule has 6 atom stereocenters. The van der Waals surface area contributed by atoms with E-state index in [1.165, 1.54) is 29.6 Å². The van der Waals surface area contributed by atoms with Crippen molar-refractivity contribution in [3.8, 4) is 5.75 Å². The topological polar surface area (TPSA) is 105 Å². The van der Waals surface area contributed by atoms with Crippen LogP contribution in [-0.4, -0.2) is 81.2 Å². The first-order valence-electron chi connectivity index (χ1n) is 22.7. The summed E-state index contributed by atoms with van der Waals surface area (Å²) in [5.41, 5.74) is 5.75. The van der Waals surface area contributed by atoms with Gasteiger partial charge in [0.05, 0.1) is 31.0 Å². The zero-order valence-electron chi connectivity index (χ0n) is 36.9. The van der Waals surface area contributed by atoms with E-state index in [4.69, 9.17) is 9.47 Å². The fraction of sp³-hybridized carbons (Fsp3) is 0.600. The van der Waals surface area contributed by atoms with Gasteiger partial charge in [-0.2, -0.15) is 0 Å². The molecule has 3 aliphatic heterocycles. The molecule has 7 aliphatic rings. The third kappa shape index (κ3) is 7.50. The van der Waals surface area contributed by atoms with Crippen LogP contribution in [0.3, 0.4) is 0 Å². The molecule has 6 unspecified atom stereocenters. The average molecular weight is 838 g/mol. The van der Waals surface area contributed by atoms with Gasteiger partial charge in [0.25, 0.3) is 5.91 Å². The quantitative estimate of drug-likeness (QED) is 0.261. The molecular formula is C50H67N3O6S. The minimum Gasteiger partial charge on any atom is -0.497 e. The van der Waals surface area contributed by atoms with Crippen molar-refractivity contribution in [1.82, 2.24) is 14.5 Å². The van der Waals surface area contributed by atoms with Crippen LogP contribution >= 0.6 is 0 Å². The molecule has 1 aromatic rings. The summed E-state index contributed by atoms with van der Waals surface area (Å²) in [5.74, 6) is 1.30. The smallest absolute Gasteiger partial charge is 0.271 e. The average Bonchev–Trinajstić information content (AvgIpc) is 3.86. The van der Waals surface area contributed by atoms with E-state index in [0.717, 1.165) is 98.9 Å². The predicted octanol–water partition coefficient (Wildman–Crippen LogP) is 8.88. The Morgan fingerprint density at radius 3 is 2.40 bits per heavy atom. The van der Waals surface area contributed by atoms with Crippen LogP contribution in [-0.2, 0) is 24.3 Å². The second-order valence-electron chi connectivity index (χ2n) is 19.8. The lowest BCUT2D eigenvalue weighted by atomic mass is 9.64. The Kier molecular flexibility index (Phi) is 11.8. The van der Waals surface area contributed by atoms with Crippen molar-refractivity contribution < 1.29 is 27.5 Å². The first kappa shape index (κ1) is 42.9. The number of fused-ring (bicyclic) bond motifs is 3. The molecule has 0 radical (unpaired) electrons. The van der Waals surface area contributed by atoms with Gasteiger partial charge in [0.15, 0.2) is 0 Å². The van der Waals surface area contributed by atoms with Gasteiger partial charge in [-0.15, -0.1) is 0 Å². The normalized spacial score (nSPS) is 32.6. The molecule has 4 aliphatic carbocycles. The number of hydrogen-bond acceptors (Lipinski definition) is 7. The highest BCUT2D eigenvalue weighted by molar-refractivity contribution is 7.90. The molecule has 60 heavy (non-hydrogen) atoms. The standard InChI is InChI=1S/C50H67N3O6S/c1-33(2)53(60(56,57)34(3)4)46(54)39-17-16-38(23-36(6)24-39)45(37-13-10-8-9-11-14-37)42-15-12-21-50(26-44(50)43-25-40(58-7)18-19-41(42)43)47(55)52-29-48-22-20-35(5)27-51-28-49(48,30-52)32-59-31-48/h12,15-19,23-25,34-37,44,51H,1,8-11,13-14,20-22,26-32H2,2-7H3. The molecule has 0 spiro atoms. The van der Waals surface area contributed by atoms with E-state index in [-0.39, 0.29) is 34.3 Å². The molecule has 0 aromatic heterocycles. The van der Waals surface area contributed by atoms with Gasteiger partial charge in [0, 0.05) is 47.7 Å². The maximum atomic E-state index is 15.2. The van der Waals surface area contributed by atoms with Gasteiger partial charge in [-0.25, -0.2) is 12.7 Å². The lowest BCUT2D eigenvalue weighted by Gasteiger charge is -2.40. The maximum absolute atomic E-state index is 15.2. The number of rotatable bonds is 8. The molecule has 0 bridgehead atoms. The third-order valence-electron chi connectivity index (χ3n) is 15.2. The van der Waals surface area contributed by atoms with Crippen molar-refractivity contribution in [3.63, 3.8) is 0 Å². The van der Waals surface area contributed by atoms with Crippen LogP contribution in [0.15, 0.2) is 83.7 Å². The van der Waals surface area contributed by atoms with Gasteiger partial charge >= 0.3 is 0 Å². The maximum Gasteiger partial charge on any atom is 0.271 e. The van der Waals surface area contributed by atoms with Crippen LogP contribution in [0.4, 0.5) is 0 Å². The van der Waals surface area contributed by atoms with Crippen molar-refractivity contribution in [2.45, 2.75) is 110 Å². The summed E-state index contributed by atoms with van der Waals surface area (Å²) in [6.07, 6.45) is 23.1. The molecular weight excluding hydrogens is 771 g/mol. The monoisotopic (exact) mass is 837 g/mol. The SMILES string of the molecule is C=C(C)N(C(=O)C1=CC(C)C=C(C(=C2C=CCC3(C(=O)N4CC56CCC(C)CNCC5(COC6)C4)CC3c3cc(OC)ccc32)C2CCCCCC2)C=C1)S(=O)(=O)C(C)C. The van der Waals surface area contributed by atoms with Crippen LogP contribution in [0.25, 0.3) is 5.57 Å². The zero-order chi connectivity index (χ0) is 42.6. The Morgan fingerprint density at radius 1 is 0.983 bits per heavy atom. The van der Waals surface area contributed by atoms with Crippen molar-refractivity contribution >= 4 is 27.4 Å². The lowest BCUT2D eigenvalue weighted by Crippen LogP contribution is -2.49. The summed E-state index contributed by atoms with van der Waals surface area (Å²) in [7, 11) is -2.22. The molecule has 5 fully saturated rings. The van der Waals surface area contributed by atoms with E-state index < -0.39 is 26.6 Å². The van der Waals surface area contributed by atoms with Gasteiger partial charge in [0.2, 0.25) is 15.9 Å². The molecule has 8 rings (SSSR count). The number of carbonyl (C=O) groups is 2. The van der Waals surface area contributed by atoms with E-state index in [0.29, 0.717) is 30.4 Å². The first-order valence-corrected chi connectivity index (χ1v) is 24.2. The van der Waals surface area contributed by atoms with Crippen molar-refractivity contribution in [2.75, 3.05) is 46.5 Å². The largest absolute Gasteiger partial charge is 0.497 e. The highest BCUT2D eigenvalue weighted by Gasteiger charge is 2.67. The van der Waals surface area contributed by atoms with Crippen molar-refractivity contribution in [1.29, 1.82) is 0 Å². The van der Waals surface area contributed by atoms with E-state index in [9.17, 15) is 13.2 Å². The van der Waals surface area contributed by atoms with Crippen LogP contribution in [0.2, 0.25) is 0 Å². The Bertz CT molecular complexity index is 2170. The Morgan fingerprint density at radius 2 is 1.68 bits per heavy atom. The second kappa shape index (κ2) is 16.5. The molecule has 324 valence electrons. The van der Waals surface area contributed by atoms with E-state index in [1.807, 2.05) is 12.2 Å². The number of allylic oxidation sites excluding steroid dienone is 9. The molecule has 10 heteroatoms. The Labute approximate surface area is 359 Å². The van der Waals surface area contributed by atoms with Crippen LogP contribution in [0.5, 0.6) is 5.75 Å². The van der Waals surface area contributed by atoms with Crippen LogP contribution in [0.1, 0.15) is 116 Å². The van der Waals surface area contributed by atoms with Crippen LogP contribution in [0, 0.1) is 34.0 Å². The number of likely N-dealkylation sites (tertiary alicyclic amines) is 1. The molecule has 1 aromatic carbocycles. The fourth-order valence-electron chi connectivity index (χ4n) is 11.7. The number of carbonyl (C=O) groups excluding carboxylic acids is 2. The molecule has 2 saturated carbocycles. The number of ether oxygens (including phenoxy) is 2. The Hall–Kier alpha value is -3.73. The summed E-state index contributed by atoms with van der Waals surface area (Å²) in [4.78, 5) is 31.5. The number of nitrogens with zero attached hydrogens (tertiary/aromatic N) is 2. The highest BCUT2D eigenvalue weighted by Crippen LogP contribution is 2.66. The summed E-state index contributed by atoms with van der Waals surface area (Å²) >= 11 is 0. The number of nitrogens with one attached hydrogen (secondary N) is 1. The van der Waals surface area contributed by atoms with Gasteiger partial charge in [-0.3, -0.25) is 9.59 Å². The molecule has 9 nitrogen and oxygen atoms in total. The predicted molar refractivity (Wildman–Crippen MR) is 238 cm³/mol. The number of benzene rings is 1. The minimum atomic E-state index is -3.94. The first-order chi connectivity index (χ1) is 28.6. The zero-order valence-corrected chi connectivity index (χ0v) is 37.7. The number of amides is 2. The lowest BCUT2D eigenvalue weighted by molar-refractivity contribution is -0.137. The molecule has 3 heterocycles. The van der Waals surface area contributed by atoms with E-state index >= 15 is 4.79 Å². The molecule has 1 N–H and O–H groups in total. The van der Waals surface area contributed by atoms with Gasteiger partial charge < -0.3 is 19.7 Å². The van der Waals surface area contributed by atoms with Gasteiger partial charge in [0.1, 0.15) is 5.75 Å². The van der Waals surface area contributed by atoms with Crippen molar-refractivity contribution in [2.24, 2.45) is 34.0 Å². The summed E-state index contributed by atoms with van der Waals surface area (Å²) in [6, 6.07) is 6.43. The van der Waals surface area contributed by atoms with Gasteiger partial charge in [-0.05, 0) is 130 Å². The van der Waals surface area contributed by atoms with E-state index in [2.05, 4.69) is 67.1 Å². The van der Waals surface area contributed by atoms with E-state index in [1.54, 1.807) is 34.0 Å². The summed E-state index contributed by atoms with van der Waals surface area (Å²) < 4.78 is 39.8. The molecule has 2 amide bonds. The molecule has 3 saturated heterocycles. The number of hydrogen-bond donors (Lipinski definition) is 1. The summed E-state index contributed by atoms with van der Waals surface area (Å²) in [6.45, 7) is 17.9. The Balaban J connectivity index is 1.18. The number of sulfonamides is 1.